The molecule has 0 unspecified atom stereocenters. The summed E-state index contributed by atoms with van der Waals surface area (Å²) in [6, 6.07) is 39.9. The molecule has 5 aliphatic heterocycles. The molecule has 2 spiro atoms. The first-order chi connectivity index (χ1) is 32.4. The Morgan fingerprint density at radius 1 is 0.821 bits per heavy atom. The number of carbonyl (C=O) groups is 3. The second-order valence-electron chi connectivity index (χ2n) is 19.6. The summed E-state index contributed by atoms with van der Waals surface area (Å²) < 4.78 is 18.8. The molecule has 3 amide bonds. The molecular weight excluding hydrogens is 859 g/mol. The number of aliphatic hydroxyl groups is 1. The monoisotopic (exact) mass is 919 g/mol. The van der Waals surface area contributed by atoms with Crippen molar-refractivity contribution in [2.24, 2.45) is 5.92 Å². The van der Waals surface area contributed by atoms with E-state index in [2.05, 4.69) is 60.6 Å². The zero-order valence-corrected chi connectivity index (χ0v) is 40.1. The van der Waals surface area contributed by atoms with Crippen LogP contribution in [0.4, 0.5) is 17.1 Å². The van der Waals surface area contributed by atoms with Crippen LogP contribution in [0, 0.1) is 5.92 Å². The van der Waals surface area contributed by atoms with E-state index in [0.29, 0.717) is 38.2 Å². The van der Waals surface area contributed by atoms with Crippen LogP contribution in [0.25, 0.3) is 0 Å². The molecule has 0 radical (unpaired) electrons. The number of nitrogens with zero attached hydrogens (tertiary/aromatic N) is 4. The van der Waals surface area contributed by atoms with E-state index in [1.807, 2.05) is 106 Å². The fraction of sp³-hybridized carbons (Fsp3) is 0.389. The van der Waals surface area contributed by atoms with E-state index in [1.165, 1.54) is 5.19 Å². The Hall–Kier alpha value is -5.99. The van der Waals surface area contributed by atoms with Crippen molar-refractivity contribution in [3.8, 4) is 11.5 Å². The number of aliphatic hydroxyl groups excluding tert-OH is 1. The Bertz CT molecular complexity index is 2670. The van der Waals surface area contributed by atoms with Crippen LogP contribution >= 0.6 is 0 Å². The maximum absolute atomic E-state index is 15.8. The second-order valence-corrected chi connectivity index (χ2v) is 24.2. The van der Waals surface area contributed by atoms with E-state index in [1.54, 1.807) is 14.2 Å². The average Bonchev–Trinajstić information content (AvgIpc) is 3.90. The Morgan fingerprint density at radius 3 is 2.22 bits per heavy atom. The third-order valence-electron chi connectivity index (χ3n) is 15.8. The standard InChI is InChI=1S/C54H61N5O7Si/c1-36-50(67(4,5)45-21-18-43(64-2)19-22-45)48(31-49(61)56-33-39-14-10-9-13-38(39)29-42(56)34-60)66-54(36)46-30-44(65-3)20-23-47(46)57(52(54)63)32-37-12-11-17-41(28-37)58-35-59(40-15-7-6-8-16-40)53(51(58)62)24-26-55-27-25-53/h6-23,28,30,36,42,48,50,55,60H,24-27,29,31-35H2,1-5H3/t36-,42+,48+,50-,54+/m1/s1. The van der Waals surface area contributed by atoms with Gasteiger partial charge in [0.1, 0.15) is 17.0 Å². The highest BCUT2D eigenvalue weighted by atomic mass is 28.3. The number of amides is 3. The van der Waals surface area contributed by atoms with Crippen LogP contribution in [-0.4, -0.2) is 94.1 Å². The highest BCUT2D eigenvalue weighted by molar-refractivity contribution is 6.91. The molecule has 5 aromatic rings. The van der Waals surface area contributed by atoms with Crippen molar-refractivity contribution in [3.05, 3.63) is 144 Å². The van der Waals surface area contributed by atoms with Crippen molar-refractivity contribution < 1.29 is 33.7 Å². The van der Waals surface area contributed by atoms with Crippen molar-refractivity contribution in [1.82, 2.24) is 10.2 Å². The first-order valence-electron chi connectivity index (χ1n) is 23.7. The van der Waals surface area contributed by atoms with Crippen molar-refractivity contribution in [1.29, 1.82) is 0 Å². The number of benzene rings is 5. The summed E-state index contributed by atoms with van der Waals surface area (Å²) in [4.78, 5) is 53.1. The molecule has 0 aromatic heterocycles. The summed E-state index contributed by atoms with van der Waals surface area (Å²) in [5, 5.41) is 15.2. The van der Waals surface area contributed by atoms with Crippen molar-refractivity contribution >= 4 is 48.0 Å². The van der Waals surface area contributed by atoms with Crippen LogP contribution < -0.4 is 34.7 Å². The van der Waals surface area contributed by atoms with E-state index >= 15 is 4.79 Å². The zero-order valence-electron chi connectivity index (χ0n) is 39.1. The van der Waals surface area contributed by atoms with Gasteiger partial charge < -0.3 is 39.3 Å². The van der Waals surface area contributed by atoms with Crippen LogP contribution in [-0.2, 0) is 44.2 Å². The average molecular weight is 920 g/mol. The Labute approximate surface area is 394 Å². The summed E-state index contributed by atoms with van der Waals surface area (Å²) in [5.41, 5.74) is 4.08. The van der Waals surface area contributed by atoms with Gasteiger partial charge in [0.05, 0.1) is 66.4 Å². The molecule has 13 heteroatoms. The highest BCUT2D eigenvalue weighted by Crippen LogP contribution is 2.61. The summed E-state index contributed by atoms with van der Waals surface area (Å²) >= 11 is 0. The highest BCUT2D eigenvalue weighted by Gasteiger charge is 2.67. The van der Waals surface area contributed by atoms with Crippen LogP contribution in [0.2, 0.25) is 18.6 Å². The Kier molecular flexibility index (Phi) is 11.8. The molecule has 5 aromatic carbocycles. The van der Waals surface area contributed by atoms with Gasteiger partial charge in [-0.25, -0.2) is 0 Å². The first-order valence-corrected chi connectivity index (χ1v) is 26.8. The van der Waals surface area contributed by atoms with Gasteiger partial charge in [-0.05, 0) is 109 Å². The van der Waals surface area contributed by atoms with Crippen LogP contribution in [0.3, 0.4) is 0 Å². The van der Waals surface area contributed by atoms with Crippen molar-refractivity contribution in [3.63, 3.8) is 0 Å². The minimum absolute atomic E-state index is 0.0536. The van der Waals surface area contributed by atoms with Gasteiger partial charge in [-0.2, -0.15) is 0 Å². The third kappa shape index (κ3) is 7.42. The SMILES string of the molecule is COc1ccc([Si](C)(C)[C@H]2[C@H](CC(=O)N3Cc4ccccc4C[C@H]3CO)O[C@@]3(C(=O)N(Cc4cccc(N5CN(c6ccccc6)C6(CCNCC6)C5=O)c4)c4ccc(OC)cc43)[C@@H]2C)cc1. The minimum atomic E-state index is -2.59. The van der Waals surface area contributed by atoms with Gasteiger partial charge in [-0.1, -0.05) is 91.9 Å². The van der Waals surface area contributed by atoms with Gasteiger partial charge in [0.25, 0.3) is 11.8 Å². The summed E-state index contributed by atoms with van der Waals surface area (Å²) in [6.07, 6.45) is 1.42. The number of para-hydroxylation sites is 1. The lowest BCUT2D eigenvalue weighted by Gasteiger charge is -2.39. The topological polar surface area (TPSA) is 124 Å². The molecule has 10 rings (SSSR count). The largest absolute Gasteiger partial charge is 0.497 e. The smallest absolute Gasteiger partial charge is 0.264 e. The molecule has 348 valence electrons. The Balaban J connectivity index is 1.01. The summed E-state index contributed by atoms with van der Waals surface area (Å²) in [5.74, 6) is 0.805. The number of nitrogens with one attached hydrogen (secondary N) is 1. The molecule has 0 bridgehead atoms. The lowest BCUT2D eigenvalue weighted by molar-refractivity contribution is -0.151. The summed E-state index contributed by atoms with van der Waals surface area (Å²) in [7, 11) is 0.685. The van der Waals surface area contributed by atoms with Crippen LogP contribution in [0.15, 0.2) is 121 Å². The van der Waals surface area contributed by atoms with Crippen LogP contribution in [0.1, 0.15) is 48.4 Å². The second kappa shape index (κ2) is 17.6. The van der Waals surface area contributed by atoms with E-state index in [9.17, 15) is 14.7 Å². The van der Waals surface area contributed by atoms with E-state index < -0.39 is 25.3 Å². The molecule has 0 aliphatic carbocycles. The maximum atomic E-state index is 15.8. The Morgan fingerprint density at radius 2 is 1.51 bits per heavy atom. The number of piperidine rings is 1. The predicted molar refractivity (Wildman–Crippen MR) is 262 cm³/mol. The number of carbonyl (C=O) groups excluding carboxylic acids is 3. The number of hydrogen-bond acceptors (Lipinski definition) is 9. The molecule has 12 nitrogen and oxygen atoms in total. The van der Waals surface area contributed by atoms with E-state index in [0.717, 1.165) is 58.2 Å². The zero-order chi connectivity index (χ0) is 46.7. The molecule has 67 heavy (non-hydrogen) atoms. The van der Waals surface area contributed by atoms with Crippen molar-refractivity contribution in [2.45, 2.75) is 87.6 Å². The first kappa shape index (κ1) is 44.8. The molecule has 5 aliphatic rings. The fourth-order valence-electron chi connectivity index (χ4n) is 12.3. The minimum Gasteiger partial charge on any atom is -0.497 e. The van der Waals surface area contributed by atoms with Crippen LogP contribution in [0.5, 0.6) is 11.5 Å². The van der Waals surface area contributed by atoms with Gasteiger partial charge >= 0.3 is 0 Å². The molecule has 3 saturated heterocycles. The fourth-order valence-corrected chi connectivity index (χ4v) is 16.3. The molecule has 2 N–H and O–H groups in total. The van der Waals surface area contributed by atoms with Gasteiger partial charge in [0, 0.05) is 29.4 Å². The molecule has 5 atom stereocenters. The molecular formula is C54H61N5O7Si. The summed E-state index contributed by atoms with van der Waals surface area (Å²) in [6.45, 7) is 9.17. The maximum Gasteiger partial charge on any atom is 0.264 e. The molecule has 3 fully saturated rings. The lowest BCUT2D eigenvalue weighted by atomic mass is 9.82. The molecule has 5 heterocycles. The van der Waals surface area contributed by atoms with Crippen molar-refractivity contribution in [2.75, 3.05) is 55.3 Å². The number of fused-ring (bicyclic) bond motifs is 3. The predicted octanol–water partition coefficient (Wildman–Crippen LogP) is 6.74. The van der Waals surface area contributed by atoms with E-state index in [4.69, 9.17) is 14.2 Å². The molecule has 0 saturated carbocycles. The number of ether oxygens (including phenoxy) is 3. The quantitative estimate of drug-likeness (QED) is 0.139. The lowest BCUT2D eigenvalue weighted by Crippen LogP contribution is -2.55. The van der Waals surface area contributed by atoms with Gasteiger partial charge in [0.15, 0.2) is 5.60 Å². The number of rotatable bonds is 11. The number of hydrogen-bond donors (Lipinski definition) is 2. The van der Waals surface area contributed by atoms with Gasteiger partial charge in [-0.15, -0.1) is 0 Å². The third-order valence-corrected chi connectivity index (χ3v) is 20.2. The normalized spacial score (nSPS) is 24.4. The van der Waals surface area contributed by atoms with Gasteiger partial charge in [-0.3, -0.25) is 19.3 Å². The van der Waals surface area contributed by atoms with E-state index in [-0.39, 0.29) is 54.8 Å². The van der Waals surface area contributed by atoms with Gasteiger partial charge in [0.2, 0.25) is 5.91 Å². The number of methoxy groups -OCH3 is 2. The number of anilines is 3.